The Bertz CT molecular complexity index is 1040. The van der Waals surface area contributed by atoms with Crippen molar-refractivity contribution in [3.63, 3.8) is 0 Å². The van der Waals surface area contributed by atoms with Crippen molar-refractivity contribution in [3.8, 4) is 0 Å². The van der Waals surface area contributed by atoms with Crippen LogP contribution in [-0.2, 0) is 23.3 Å². The number of anilines is 1. The predicted octanol–water partition coefficient (Wildman–Crippen LogP) is 5.05. The van der Waals surface area contributed by atoms with Crippen LogP contribution in [-0.4, -0.2) is 15.5 Å². The van der Waals surface area contributed by atoms with Gasteiger partial charge in [-0.1, -0.05) is 50.6 Å². The molecule has 0 bridgehead atoms. The van der Waals surface area contributed by atoms with Crippen LogP contribution in [0.5, 0.6) is 0 Å². The van der Waals surface area contributed by atoms with Gasteiger partial charge in [0, 0.05) is 12.2 Å². The van der Waals surface area contributed by atoms with Gasteiger partial charge in [-0.3, -0.25) is 4.79 Å². The quantitative estimate of drug-likeness (QED) is 0.628. The highest BCUT2D eigenvalue weighted by Crippen LogP contribution is 2.53. The number of amides is 1. The van der Waals surface area contributed by atoms with Gasteiger partial charge in [-0.05, 0) is 48.9 Å². The number of hydrogen-bond acceptors (Lipinski definition) is 2. The Morgan fingerprint density at radius 3 is 2.57 bits per heavy atom. The summed E-state index contributed by atoms with van der Waals surface area (Å²) in [4.78, 5) is 20.4. The number of aryl methyl sites for hydroxylation is 1. The number of para-hydroxylation sites is 3. The van der Waals surface area contributed by atoms with Crippen molar-refractivity contribution in [2.24, 2.45) is 5.92 Å². The second kappa shape index (κ2) is 6.47. The zero-order valence-corrected chi connectivity index (χ0v) is 16.7. The van der Waals surface area contributed by atoms with E-state index in [1.807, 2.05) is 17.0 Å². The molecule has 4 nitrogen and oxygen atoms in total. The van der Waals surface area contributed by atoms with Crippen LogP contribution in [0.15, 0.2) is 48.5 Å². The number of carbonyl (C=O) groups excluding carboxylic acids is 1. The molecule has 0 N–H and O–H groups in total. The highest BCUT2D eigenvalue weighted by molar-refractivity contribution is 6.08. The van der Waals surface area contributed by atoms with Crippen LogP contribution in [0.4, 0.5) is 5.69 Å². The topological polar surface area (TPSA) is 38.1 Å². The molecule has 28 heavy (non-hydrogen) atoms. The summed E-state index contributed by atoms with van der Waals surface area (Å²) in [6.07, 6.45) is 4.19. The summed E-state index contributed by atoms with van der Waals surface area (Å²) >= 11 is 0. The van der Waals surface area contributed by atoms with Crippen LogP contribution in [0.2, 0.25) is 0 Å². The number of imidazole rings is 1. The first-order valence-corrected chi connectivity index (χ1v) is 10.5. The van der Waals surface area contributed by atoms with Gasteiger partial charge in [-0.25, -0.2) is 4.98 Å². The van der Waals surface area contributed by atoms with E-state index in [2.05, 4.69) is 54.8 Å². The van der Waals surface area contributed by atoms with E-state index in [0.29, 0.717) is 12.5 Å². The summed E-state index contributed by atoms with van der Waals surface area (Å²) in [6, 6.07) is 16.7. The van der Waals surface area contributed by atoms with Gasteiger partial charge in [-0.2, -0.15) is 0 Å². The summed E-state index contributed by atoms with van der Waals surface area (Å²) in [5.74, 6) is 1.88. The fourth-order valence-electron chi connectivity index (χ4n) is 4.79. The number of carbonyl (C=O) groups is 1. The summed E-state index contributed by atoms with van der Waals surface area (Å²) in [5.41, 5.74) is 4.20. The van der Waals surface area contributed by atoms with E-state index in [1.165, 1.54) is 5.56 Å². The van der Waals surface area contributed by atoms with Crippen LogP contribution in [0, 0.1) is 5.92 Å². The zero-order valence-electron chi connectivity index (χ0n) is 16.7. The van der Waals surface area contributed by atoms with Crippen molar-refractivity contribution in [3.05, 3.63) is 59.9 Å². The van der Waals surface area contributed by atoms with E-state index in [0.717, 1.165) is 54.8 Å². The third-order valence-electron chi connectivity index (χ3n) is 6.54. The molecule has 1 amide bonds. The van der Waals surface area contributed by atoms with Gasteiger partial charge in [0.1, 0.15) is 5.82 Å². The number of nitrogens with zero attached hydrogens (tertiary/aromatic N) is 3. The molecule has 1 aliphatic heterocycles. The van der Waals surface area contributed by atoms with Gasteiger partial charge in [0.15, 0.2) is 0 Å². The molecule has 5 rings (SSSR count). The first-order chi connectivity index (χ1) is 13.6. The maximum Gasteiger partial charge on any atom is 0.238 e. The molecule has 3 aromatic rings. The monoisotopic (exact) mass is 373 g/mol. The van der Waals surface area contributed by atoms with Gasteiger partial charge < -0.3 is 9.47 Å². The summed E-state index contributed by atoms with van der Waals surface area (Å²) < 4.78 is 2.32. The first kappa shape index (κ1) is 17.5. The van der Waals surface area contributed by atoms with Crippen LogP contribution in [0.25, 0.3) is 11.0 Å². The lowest BCUT2D eigenvalue weighted by Crippen LogP contribution is -2.45. The maximum absolute atomic E-state index is 13.5. The van der Waals surface area contributed by atoms with E-state index in [1.54, 1.807) is 0 Å². The smallest absolute Gasteiger partial charge is 0.238 e. The average Bonchev–Trinajstić information content (AvgIpc) is 3.13. The minimum absolute atomic E-state index is 0.266. The lowest BCUT2D eigenvalue weighted by atomic mass is 9.65. The van der Waals surface area contributed by atoms with Crippen LogP contribution >= 0.6 is 0 Å². The molecule has 144 valence electrons. The van der Waals surface area contributed by atoms with E-state index >= 15 is 0 Å². The Balaban J connectivity index is 1.55. The molecule has 1 fully saturated rings. The van der Waals surface area contributed by atoms with Crippen molar-refractivity contribution in [2.75, 3.05) is 4.90 Å². The molecule has 1 saturated carbocycles. The SMILES string of the molecule is CC(C)CCn1c(CN2C(=O)C3(CCC3)c3ccccc32)nc2ccccc21. The molecule has 0 radical (unpaired) electrons. The average molecular weight is 374 g/mol. The highest BCUT2D eigenvalue weighted by Gasteiger charge is 2.54. The number of benzene rings is 2. The second-order valence-corrected chi connectivity index (χ2v) is 8.70. The van der Waals surface area contributed by atoms with Crippen molar-refractivity contribution in [1.29, 1.82) is 0 Å². The van der Waals surface area contributed by atoms with Gasteiger partial charge in [0.25, 0.3) is 0 Å². The van der Waals surface area contributed by atoms with E-state index < -0.39 is 0 Å². The highest BCUT2D eigenvalue weighted by atomic mass is 16.2. The van der Waals surface area contributed by atoms with Crippen LogP contribution in [0.3, 0.4) is 0 Å². The lowest BCUT2D eigenvalue weighted by Gasteiger charge is -2.37. The fraction of sp³-hybridized carbons (Fsp3) is 0.417. The van der Waals surface area contributed by atoms with Crippen LogP contribution in [0.1, 0.15) is 50.9 Å². The van der Waals surface area contributed by atoms with Gasteiger partial charge in [-0.15, -0.1) is 0 Å². The molecule has 4 heteroatoms. The van der Waals surface area contributed by atoms with E-state index in [4.69, 9.17) is 4.98 Å². The molecule has 2 heterocycles. The van der Waals surface area contributed by atoms with Crippen LogP contribution < -0.4 is 4.90 Å². The Hall–Kier alpha value is -2.62. The van der Waals surface area contributed by atoms with Gasteiger partial charge >= 0.3 is 0 Å². The summed E-state index contributed by atoms with van der Waals surface area (Å²) in [7, 11) is 0. The van der Waals surface area contributed by atoms with Gasteiger partial charge in [0.2, 0.25) is 5.91 Å². The maximum atomic E-state index is 13.5. The normalized spacial score (nSPS) is 17.5. The third-order valence-corrected chi connectivity index (χ3v) is 6.54. The number of hydrogen-bond donors (Lipinski definition) is 0. The first-order valence-electron chi connectivity index (χ1n) is 10.5. The molecular formula is C24H27N3O. The van der Waals surface area contributed by atoms with Crippen molar-refractivity contribution in [2.45, 2.75) is 58.0 Å². The third kappa shape index (κ3) is 2.50. The minimum Gasteiger partial charge on any atom is -0.326 e. The Labute approximate surface area is 166 Å². The van der Waals surface area contributed by atoms with Crippen molar-refractivity contribution < 1.29 is 4.79 Å². The largest absolute Gasteiger partial charge is 0.326 e. The van der Waals surface area contributed by atoms with Gasteiger partial charge in [0.05, 0.1) is 23.0 Å². The number of aromatic nitrogens is 2. The fourth-order valence-corrected chi connectivity index (χ4v) is 4.79. The molecule has 1 spiro atoms. The van der Waals surface area contributed by atoms with Crippen molar-refractivity contribution >= 4 is 22.6 Å². The Kier molecular flexibility index (Phi) is 4.04. The Morgan fingerprint density at radius 2 is 1.82 bits per heavy atom. The second-order valence-electron chi connectivity index (χ2n) is 8.70. The standard InChI is InChI=1S/C24H27N3O/c1-17(2)12-15-26-21-11-6-4-9-19(21)25-22(26)16-27-20-10-5-3-8-18(20)24(23(27)28)13-7-14-24/h3-6,8-11,17H,7,12-16H2,1-2H3. The molecule has 0 atom stereocenters. The molecule has 0 unspecified atom stereocenters. The molecular weight excluding hydrogens is 346 g/mol. The lowest BCUT2D eigenvalue weighted by molar-refractivity contribution is -0.126. The molecule has 1 aromatic heterocycles. The predicted molar refractivity (Wildman–Crippen MR) is 112 cm³/mol. The minimum atomic E-state index is -0.272. The molecule has 2 aromatic carbocycles. The molecule has 1 aliphatic carbocycles. The summed E-state index contributed by atoms with van der Waals surface area (Å²) in [6.45, 7) is 5.98. The molecule has 0 saturated heterocycles. The zero-order chi connectivity index (χ0) is 19.3. The Morgan fingerprint density at radius 1 is 1.07 bits per heavy atom. The van der Waals surface area contributed by atoms with E-state index in [9.17, 15) is 4.79 Å². The number of fused-ring (bicyclic) bond motifs is 3. The summed E-state index contributed by atoms with van der Waals surface area (Å²) in [5, 5.41) is 0. The molecule has 2 aliphatic rings. The van der Waals surface area contributed by atoms with Crippen molar-refractivity contribution in [1.82, 2.24) is 9.55 Å². The number of rotatable bonds is 5. The van der Waals surface area contributed by atoms with E-state index in [-0.39, 0.29) is 11.3 Å².